The number of nitrogens with one attached hydrogen (secondary N) is 1. The summed E-state index contributed by atoms with van der Waals surface area (Å²) in [5, 5.41) is 35.9. The van der Waals surface area contributed by atoms with Crippen molar-refractivity contribution in [1.29, 1.82) is 0 Å². The van der Waals surface area contributed by atoms with Crippen molar-refractivity contribution >= 4 is 0 Å². The summed E-state index contributed by atoms with van der Waals surface area (Å²) in [5.74, 6) is 0.765. The van der Waals surface area contributed by atoms with Crippen LogP contribution in [0.2, 0.25) is 0 Å². The smallest absolute Gasteiger partial charge is 0.0948 e. The zero-order valence-electron chi connectivity index (χ0n) is 18.8. The molecule has 4 nitrogen and oxygen atoms in total. The molecule has 6 atom stereocenters. The highest BCUT2D eigenvalue weighted by Crippen LogP contribution is 2.63. The van der Waals surface area contributed by atoms with Crippen molar-refractivity contribution in [3.05, 3.63) is 0 Å². The van der Waals surface area contributed by atoms with Crippen molar-refractivity contribution < 1.29 is 15.3 Å². The Morgan fingerprint density at radius 2 is 1.74 bits per heavy atom. The molecule has 2 aliphatic rings. The van der Waals surface area contributed by atoms with E-state index in [0.29, 0.717) is 24.3 Å². The quantitative estimate of drug-likeness (QED) is 0.538. The van der Waals surface area contributed by atoms with Gasteiger partial charge in [-0.15, -0.1) is 0 Å². The number of fused-ring (bicyclic) bond motifs is 1. The molecule has 0 aromatic heterocycles. The molecule has 0 amide bonds. The molecule has 2 aliphatic carbocycles. The van der Waals surface area contributed by atoms with Gasteiger partial charge in [-0.1, -0.05) is 41.0 Å². The first-order valence-electron chi connectivity index (χ1n) is 11.1. The Labute approximate surface area is 167 Å². The average molecular weight is 384 g/mol. The van der Waals surface area contributed by atoms with Gasteiger partial charge in [0.2, 0.25) is 0 Å². The van der Waals surface area contributed by atoms with E-state index in [1.807, 2.05) is 20.8 Å². The average Bonchev–Trinajstić information content (AvgIpc) is 2.50. The summed E-state index contributed by atoms with van der Waals surface area (Å²) in [6.45, 7) is 15.3. The summed E-state index contributed by atoms with van der Waals surface area (Å²) in [6.07, 6.45) is 6.01. The zero-order valence-corrected chi connectivity index (χ0v) is 18.8. The van der Waals surface area contributed by atoms with Gasteiger partial charge in [-0.05, 0) is 75.0 Å². The summed E-state index contributed by atoms with van der Waals surface area (Å²) in [5.41, 5.74) is -1.44. The van der Waals surface area contributed by atoms with E-state index in [1.54, 1.807) is 6.92 Å². The van der Waals surface area contributed by atoms with Crippen molar-refractivity contribution in [2.75, 3.05) is 6.54 Å². The second-order valence-corrected chi connectivity index (χ2v) is 11.3. The monoisotopic (exact) mass is 383 g/mol. The largest absolute Gasteiger partial charge is 0.390 e. The van der Waals surface area contributed by atoms with Crippen molar-refractivity contribution in [2.24, 2.45) is 22.7 Å². The highest BCUT2D eigenvalue weighted by Gasteiger charge is 2.57. The molecule has 2 saturated carbocycles. The van der Waals surface area contributed by atoms with Gasteiger partial charge in [0.25, 0.3) is 0 Å². The lowest BCUT2D eigenvalue weighted by Gasteiger charge is -2.61. The number of hydrogen-bond donors (Lipinski definition) is 4. The van der Waals surface area contributed by atoms with E-state index in [0.717, 1.165) is 25.7 Å². The van der Waals surface area contributed by atoms with Crippen LogP contribution in [0.5, 0.6) is 0 Å². The highest BCUT2D eigenvalue weighted by atomic mass is 16.3. The summed E-state index contributed by atoms with van der Waals surface area (Å²) in [7, 11) is 0. The van der Waals surface area contributed by atoms with Crippen LogP contribution in [0.25, 0.3) is 0 Å². The van der Waals surface area contributed by atoms with Crippen LogP contribution in [-0.2, 0) is 0 Å². The van der Waals surface area contributed by atoms with Crippen molar-refractivity contribution in [2.45, 2.75) is 117 Å². The fourth-order valence-corrected chi connectivity index (χ4v) is 6.44. The molecule has 0 aliphatic heterocycles. The van der Waals surface area contributed by atoms with Crippen molar-refractivity contribution in [3.63, 3.8) is 0 Å². The maximum atomic E-state index is 11.3. The van der Waals surface area contributed by atoms with Gasteiger partial charge in [-0.2, -0.15) is 0 Å². The lowest BCUT2D eigenvalue weighted by molar-refractivity contribution is -0.175. The Hall–Kier alpha value is -0.160. The number of hydrogen-bond acceptors (Lipinski definition) is 4. The van der Waals surface area contributed by atoms with Crippen LogP contribution >= 0.6 is 0 Å². The predicted molar refractivity (Wildman–Crippen MR) is 112 cm³/mol. The Kier molecular flexibility index (Phi) is 6.79. The van der Waals surface area contributed by atoms with Gasteiger partial charge in [0, 0.05) is 12.6 Å². The van der Waals surface area contributed by atoms with Crippen LogP contribution in [0.3, 0.4) is 0 Å². The molecule has 0 aromatic carbocycles. The molecule has 0 spiro atoms. The normalized spacial score (nSPS) is 39.7. The third kappa shape index (κ3) is 4.88. The number of rotatable bonds is 7. The fraction of sp³-hybridized carbons (Fsp3) is 1.00. The molecular formula is C23H45NO3. The maximum Gasteiger partial charge on any atom is 0.0948 e. The molecule has 27 heavy (non-hydrogen) atoms. The van der Waals surface area contributed by atoms with Gasteiger partial charge in [0.1, 0.15) is 0 Å². The van der Waals surface area contributed by atoms with Crippen LogP contribution in [0.15, 0.2) is 0 Å². The molecule has 0 bridgehead atoms. The third-order valence-corrected chi connectivity index (χ3v) is 8.14. The molecule has 0 aromatic rings. The van der Waals surface area contributed by atoms with E-state index in [4.69, 9.17) is 0 Å². The van der Waals surface area contributed by atoms with Gasteiger partial charge < -0.3 is 20.6 Å². The molecule has 4 heteroatoms. The maximum absolute atomic E-state index is 11.3. The van der Waals surface area contributed by atoms with E-state index in [2.05, 4.69) is 26.1 Å². The second kappa shape index (κ2) is 7.93. The van der Waals surface area contributed by atoms with Gasteiger partial charge in [0.15, 0.2) is 0 Å². The summed E-state index contributed by atoms with van der Waals surface area (Å²) >= 11 is 0. The summed E-state index contributed by atoms with van der Waals surface area (Å²) in [6, 6.07) is 0.277. The Morgan fingerprint density at radius 3 is 2.33 bits per heavy atom. The summed E-state index contributed by atoms with van der Waals surface area (Å²) < 4.78 is 0. The zero-order chi connectivity index (χ0) is 20.7. The lowest BCUT2D eigenvalue weighted by atomic mass is 9.45. The molecule has 0 heterocycles. The lowest BCUT2D eigenvalue weighted by Crippen LogP contribution is -2.58. The Bertz CT molecular complexity index is 500. The first-order chi connectivity index (χ1) is 12.2. The van der Waals surface area contributed by atoms with Crippen LogP contribution in [0.1, 0.15) is 93.4 Å². The number of aliphatic hydroxyl groups excluding tert-OH is 1. The Morgan fingerprint density at radius 1 is 1.11 bits per heavy atom. The molecule has 2 rings (SSSR count). The topological polar surface area (TPSA) is 72.7 Å². The van der Waals surface area contributed by atoms with Crippen LogP contribution in [-0.4, -0.2) is 45.2 Å². The molecule has 0 radical (unpaired) electrons. The SMILES string of the molecule is CC(C)NC[C@@H](O)[C@](C)(O)CC[C@@H]1[C@@]2(C)CCCC(C)(C)[C@H]2CC[C@@]1(C)O. The predicted octanol–water partition coefficient (Wildman–Crippen LogP) is 3.87. The van der Waals surface area contributed by atoms with Crippen LogP contribution in [0, 0.1) is 22.7 Å². The highest BCUT2D eigenvalue weighted by molar-refractivity contribution is 5.07. The minimum Gasteiger partial charge on any atom is -0.390 e. The first-order valence-corrected chi connectivity index (χ1v) is 11.1. The van der Waals surface area contributed by atoms with Crippen LogP contribution in [0.4, 0.5) is 0 Å². The van der Waals surface area contributed by atoms with E-state index < -0.39 is 17.3 Å². The third-order valence-electron chi connectivity index (χ3n) is 8.14. The molecule has 0 unspecified atom stereocenters. The van der Waals surface area contributed by atoms with E-state index in [-0.39, 0.29) is 17.4 Å². The van der Waals surface area contributed by atoms with E-state index >= 15 is 0 Å². The van der Waals surface area contributed by atoms with Crippen molar-refractivity contribution in [3.8, 4) is 0 Å². The van der Waals surface area contributed by atoms with Crippen molar-refractivity contribution in [1.82, 2.24) is 5.32 Å². The first kappa shape index (κ1) is 23.1. The minimum absolute atomic E-state index is 0.0979. The van der Waals surface area contributed by atoms with Gasteiger partial charge in [-0.25, -0.2) is 0 Å². The molecule has 0 saturated heterocycles. The molecular weight excluding hydrogens is 338 g/mol. The fourth-order valence-electron chi connectivity index (χ4n) is 6.44. The molecule has 160 valence electrons. The number of aliphatic hydroxyl groups is 3. The second-order valence-electron chi connectivity index (χ2n) is 11.3. The van der Waals surface area contributed by atoms with E-state index in [1.165, 1.54) is 12.8 Å². The standard InChI is InChI=1S/C23H45NO3/c1-16(2)24-15-19(25)23(7,27)14-10-18-21(5)12-8-11-20(3,4)17(21)9-13-22(18,6)26/h16-19,24-27H,8-15H2,1-7H3/t17-,18-,19-,21+,22-,23-/m1/s1. The molecule has 2 fully saturated rings. The van der Waals surface area contributed by atoms with Crippen LogP contribution < -0.4 is 5.32 Å². The Balaban J connectivity index is 2.14. The summed E-state index contributed by atoms with van der Waals surface area (Å²) in [4.78, 5) is 0. The minimum atomic E-state index is -1.15. The van der Waals surface area contributed by atoms with Gasteiger partial charge in [0.05, 0.1) is 17.3 Å². The molecule has 4 N–H and O–H groups in total. The van der Waals surface area contributed by atoms with Gasteiger partial charge >= 0.3 is 0 Å². The van der Waals surface area contributed by atoms with E-state index in [9.17, 15) is 15.3 Å². The van der Waals surface area contributed by atoms with Gasteiger partial charge in [-0.3, -0.25) is 0 Å².